The van der Waals surface area contributed by atoms with E-state index in [4.69, 9.17) is 23.2 Å². The largest absolute Gasteiger partial charge is 0.326 e. The molecule has 2 aromatic carbocycles. The molecule has 1 fully saturated rings. The second-order valence-corrected chi connectivity index (χ2v) is 6.70. The highest BCUT2D eigenvalue weighted by Crippen LogP contribution is 2.28. The summed E-state index contributed by atoms with van der Waals surface area (Å²) < 4.78 is 0. The molecule has 0 spiro atoms. The van der Waals surface area contributed by atoms with Crippen LogP contribution in [-0.2, 0) is 9.59 Å². The Morgan fingerprint density at radius 2 is 1.79 bits per heavy atom. The number of carbonyl (C=O) groups excluding carboxylic acids is 2. The van der Waals surface area contributed by atoms with Crippen LogP contribution in [0.5, 0.6) is 0 Å². The standard InChI is InChI=1S/C18H16Cl2N2O2/c1-11-8-14(20)4-7-16(11)21-18(24)12-9-17(23)22(10-12)15-5-2-13(19)3-6-15/h2-8,12H,9-10H2,1H3,(H,21,24). The van der Waals surface area contributed by atoms with Crippen LogP contribution in [0.25, 0.3) is 0 Å². The molecule has 4 nitrogen and oxygen atoms in total. The van der Waals surface area contributed by atoms with Crippen molar-refractivity contribution in [1.82, 2.24) is 0 Å². The molecular formula is C18H16Cl2N2O2. The van der Waals surface area contributed by atoms with E-state index >= 15 is 0 Å². The van der Waals surface area contributed by atoms with Gasteiger partial charge in [-0.1, -0.05) is 23.2 Å². The normalized spacial score (nSPS) is 17.2. The second-order valence-electron chi connectivity index (χ2n) is 5.83. The van der Waals surface area contributed by atoms with Gasteiger partial charge in [-0.2, -0.15) is 0 Å². The minimum atomic E-state index is -0.386. The Balaban J connectivity index is 1.70. The molecule has 24 heavy (non-hydrogen) atoms. The van der Waals surface area contributed by atoms with Gasteiger partial charge in [-0.05, 0) is 55.0 Å². The Labute approximate surface area is 150 Å². The number of halogens is 2. The lowest BCUT2D eigenvalue weighted by Gasteiger charge is -2.17. The zero-order valence-corrected chi connectivity index (χ0v) is 14.6. The smallest absolute Gasteiger partial charge is 0.229 e. The second kappa shape index (κ2) is 6.83. The van der Waals surface area contributed by atoms with Crippen LogP contribution in [0.2, 0.25) is 10.0 Å². The third-order valence-corrected chi connectivity index (χ3v) is 4.57. The number of hydrogen-bond acceptors (Lipinski definition) is 2. The van der Waals surface area contributed by atoms with Crippen molar-refractivity contribution >= 4 is 46.4 Å². The van der Waals surface area contributed by atoms with E-state index in [0.717, 1.165) is 11.3 Å². The number of benzene rings is 2. The number of aryl methyl sites for hydroxylation is 1. The summed E-state index contributed by atoms with van der Waals surface area (Å²) in [5.74, 6) is -0.612. The van der Waals surface area contributed by atoms with Crippen LogP contribution in [-0.4, -0.2) is 18.4 Å². The molecule has 1 aliphatic heterocycles. The van der Waals surface area contributed by atoms with Crippen molar-refractivity contribution in [1.29, 1.82) is 0 Å². The van der Waals surface area contributed by atoms with Crippen LogP contribution in [0.1, 0.15) is 12.0 Å². The Morgan fingerprint density at radius 1 is 1.12 bits per heavy atom. The van der Waals surface area contributed by atoms with Gasteiger partial charge in [0.1, 0.15) is 0 Å². The van der Waals surface area contributed by atoms with E-state index in [1.807, 2.05) is 6.92 Å². The molecule has 0 bridgehead atoms. The highest BCUT2D eigenvalue weighted by atomic mass is 35.5. The number of rotatable bonds is 3. The van der Waals surface area contributed by atoms with Crippen molar-refractivity contribution < 1.29 is 9.59 Å². The Bertz CT molecular complexity index is 790. The van der Waals surface area contributed by atoms with Gasteiger partial charge >= 0.3 is 0 Å². The molecule has 2 aromatic rings. The summed E-state index contributed by atoms with van der Waals surface area (Å²) in [7, 11) is 0. The predicted octanol–water partition coefficient (Wildman–Crippen LogP) is 4.29. The van der Waals surface area contributed by atoms with Crippen LogP contribution < -0.4 is 10.2 Å². The van der Waals surface area contributed by atoms with Gasteiger partial charge in [0.15, 0.2) is 0 Å². The maximum absolute atomic E-state index is 12.5. The SMILES string of the molecule is Cc1cc(Cl)ccc1NC(=O)C1CC(=O)N(c2ccc(Cl)cc2)C1. The minimum Gasteiger partial charge on any atom is -0.326 e. The summed E-state index contributed by atoms with van der Waals surface area (Å²) in [5.41, 5.74) is 2.35. The first-order chi connectivity index (χ1) is 11.4. The molecule has 1 aliphatic rings. The third-order valence-electron chi connectivity index (χ3n) is 4.08. The molecule has 3 rings (SSSR count). The Morgan fingerprint density at radius 3 is 2.46 bits per heavy atom. The van der Waals surface area contributed by atoms with Gasteiger partial charge in [-0.15, -0.1) is 0 Å². The van der Waals surface area contributed by atoms with Crippen molar-refractivity contribution in [2.45, 2.75) is 13.3 Å². The predicted molar refractivity (Wildman–Crippen MR) is 96.7 cm³/mol. The fraction of sp³-hybridized carbons (Fsp3) is 0.222. The van der Waals surface area contributed by atoms with Gasteiger partial charge in [-0.3, -0.25) is 9.59 Å². The minimum absolute atomic E-state index is 0.0645. The number of hydrogen-bond donors (Lipinski definition) is 1. The lowest BCUT2D eigenvalue weighted by atomic mass is 10.1. The number of carbonyl (C=O) groups is 2. The lowest BCUT2D eigenvalue weighted by molar-refractivity contribution is -0.122. The van der Waals surface area contributed by atoms with Gasteiger partial charge in [0.05, 0.1) is 5.92 Å². The zero-order chi connectivity index (χ0) is 17.3. The first kappa shape index (κ1) is 16.8. The van der Waals surface area contributed by atoms with Crippen molar-refractivity contribution in [2.24, 2.45) is 5.92 Å². The summed E-state index contributed by atoms with van der Waals surface area (Å²) in [6.45, 7) is 2.24. The molecule has 1 N–H and O–H groups in total. The molecule has 2 amide bonds. The van der Waals surface area contributed by atoms with Crippen LogP contribution >= 0.6 is 23.2 Å². The molecule has 0 aromatic heterocycles. The Hall–Kier alpha value is -2.04. The lowest BCUT2D eigenvalue weighted by Crippen LogP contribution is -2.28. The van der Waals surface area contributed by atoms with Gasteiger partial charge < -0.3 is 10.2 Å². The van der Waals surface area contributed by atoms with E-state index in [2.05, 4.69) is 5.32 Å². The monoisotopic (exact) mass is 362 g/mol. The highest BCUT2D eigenvalue weighted by Gasteiger charge is 2.35. The van der Waals surface area contributed by atoms with Crippen molar-refractivity contribution in [3.05, 3.63) is 58.1 Å². The van der Waals surface area contributed by atoms with Crippen LogP contribution in [0.15, 0.2) is 42.5 Å². The van der Waals surface area contributed by atoms with Gasteiger partial charge in [0.2, 0.25) is 11.8 Å². The number of amides is 2. The van der Waals surface area contributed by atoms with E-state index < -0.39 is 0 Å². The summed E-state index contributed by atoms with van der Waals surface area (Å²) >= 11 is 11.8. The molecule has 0 radical (unpaired) electrons. The molecule has 1 heterocycles. The Kier molecular flexibility index (Phi) is 4.78. The van der Waals surface area contributed by atoms with E-state index in [1.165, 1.54) is 0 Å². The number of nitrogens with one attached hydrogen (secondary N) is 1. The van der Waals surface area contributed by atoms with Crippen LogP contribution in [0.3, 0.4) is 0 Å². The average Bonchev–Trinajstić information content (AvgIpc) is 2.93. The molecular weight excluding hydrogens is 347 g/mol. The summed E-state index contributed by atoms with van der Waals surface area (Å²) in [6, 6.07) is 12.3. The van der Waals surface area contributed by atoms with Crippen molar-refractivity contribution in [2.75, 3.05) is 16.8 Å². The maximum atomic E-state index is 12.5. The summed E-state index contributed by atoms with van der Waals surface area (Å²) in [5, 5.41) is 4.11. The highest BCUT2D eigenvalue weighted by molar-refractivity contribution is 6.31. The zero-order valence-electron chi connectivity index (χ0n) is 13.1. The molecule has 124 valence electrons. The topological polar surface area (TPSA) is 49.4 Å². The van der Waals surface area contributed by atoms with Gasteiger partial charge in [-0.25, -0.2) is 0 Å². The van der Waals surface area contributed by atoms with Gasteiger partial charge in [0, 0.05) is 34.4 Å². The van der Waals surface area contributed by atoms with Crippen LogP contribution in [0, 0.1) is 12.8 Å². The van der Waals surface area contributed by atoms with Crippen LogP contribution in [0.4, 0.5) is 11.4 Å². The summed E-state index contributed by atoms with van der Waals surface area (Å²) in [6.07, 6.45) is 0.196. The van der Waals surface area contributed by atoms with E-state index in [9.17, 15) is 9.59 Å². The van der Waals surface area contributed by atoms with Gasteiger partial charge in [0.25, 0.3) is 0 Å². The molecule has 6 heteroatoms. The maximum Gasteiger partial charge on any atom is 0.229 e. The number of nitrogens with zero attached hydrogens (tertiary/aromatic N) is 1. The van der Waals surface area contributed by atoms with E-state index in [-0.39, 0.29) is 24.2 Å². The first-order valence-corrected chi connectivity index (χ1v) is 8.32. The molecule has 1 saturated heterocycles. The molecule has 1 atom stereocenters. The number of anilines is 2. The third kappa shape index (κ3) is 3.55. The van der Waals surface area contributed by atoms with Crippen molar-refractivity contribution in [3.8, 4) is 0 Å². The first-order valence-electron chi connectivity index (χ1n) is 7.57. The average molecular weight is 363 g/mol. The van der Waals surface area contributed by atoms with E-state index in [0.29, 0.717) is 22.3 Å². The molecule has 0 aliphatic carbocycles. The molecule has 1 unspecified atom stereocenters. The fourth-order valence-electron chi connectivity index (χ4n) is 2.76. The fourth-order valence-corrected chi connectivity index (χ4v) is 3.11. The molecule has 0 saturated carbocycles. The van der Waals surface area contributed by atoms with Crippen molar-refractivity contribution in [3.63, 3.8) is 0 Å². The quantitative estimate of drug-likeness (QED) is 0.884. The summed E-state index contributed by atoms with van der Waals surface area (Å²) in [4.78, 5) is 26.3. The van der Waals surface area contributed by atoms with E-state index in [1.54, 1.807) is 47.4 Å².